The van der Waals surface area contributed by atoms with E-state index in [1.54, 1.807) is 7.11 Å². The molecule has 0 spiro atoms. The molecule has 1 aliphatic heterocycles. The summed E-state index contributed by atoms with van der Waals surface area (Å²) >= 11 is 3.41. The van der Waals surface area contributed by atoms with E-state index in [0.29, 0.717) is 19.0 Å². The van der Waals surface area contributed by atoms with E-state index in [0.717, 1.165) is 35.2 Å². The van der Waals surface area contributed by atoms with Crippen LogP contribution >= 0.6 is 15.9 Å². The molecule has 0 saturated carbocycles. The minimum atomic E-state index is 0.256. The molecule has 2 rings (SSSR count). The second kappa shape index (κ2) is 7.50. The van der Waals surface area contributed by atoms with Gasteiger partial charge in [0.15, 0.2) is 5.96 Å². The Balaban J connectivity index is 1.87. The quantitative estimate of drug-likeness (QED) is 0.635. The first-order valence-electron chi connectivity index (χ1n) is 6.67. The number of rotatable bonds is 5. The van der Waals surface area contributed by atoms with Crippen LogP contribution in [0.15, 0.2) is 27.7 Å². The van der Waals surface area contributed by atoms with Gasteiger partial charge in [-0.2, -0.15) is 0 Å². The van der Waals surface area contributed by atoms with E-state index >= 15 is 0 Å². The van der Waals surface area contributed by atoms with Crippen LogP contribution in [0.5, 0.6) is 5.75 Å². The minimum Gasteiger partial charge on any atom is -0.496 e. The fourth-order valence-electron chi connectivity index (χ4n) is 2.10. The number of nitrogens with two attached hydrogens (primary N) is 1. The van der Waals surface area contributed by atoms with Gasteiger partial charge in [0.2, 0.25) is 0 Å². The Hall–Kier alpha value is -1.27. The van der Waals surface area contributed by atoms with Gasteiger partial charge in [0.1, 0.15) is 5.75 Å². The van der Waals surface area contributed by atoms with Crippen molar-refractivity contribution in [2.24, 2.45) is 10.7 Å². The number of hydrogen-bond donors (Lipinski definition) is 2. The Morgan fingerprint density at radius 1 is 1.60 bits per heavy atom. The van der Waals surface area contributed by atoms with Crippen LogP contribution in [-0.2, 0) is 11.3 Å². The lowest BCUT2D eigenvalue weighted by Gasteiger charge is -2.11. The van der Waals surface area contributed by atoms with Crippen LogP contribution in [0.2, 0.25) is 0 Å². The summed E-state index contributed by atoms with van der Waals surface area (Å²) in [6, 6.07) is 5.85. The monoisotopic (exact) mass is 341 g/mol. The molecule has 1 atom stereocenters. The fourth-order valence-corrected chi connectivity index (χ4v) is 2.44. The first-order chi connectivity index (χ1) is 9.69. The van der Waals surface area contributed by atoms with Crippen LogP contribution in [0.25, 0.3) is 0 Å². The lowest BCUT2D eigenvalue weighted by Crippen LogP contribution is -2.37. The van der Waals surface area contributed by atoms with E-state index in [1.165, 1.54) is 0 Å². The van der Waals surface area contributed by atoms with Gasteiger partial charge in [0.25, 0.3) is 0 Å². The summed E-state index contributed by atoms with van der Waals surface area (Å²) < 4.78 is 11.8. The van der Waals surface area contributed by atoms with Gasteiger partial charge in [-0.25, -0.2) is 4.99 Å². The van der Waals surface area contributed by atoms with E-state index < -0.39 is 0 Å². The molecule has 0 aromatic heterocycles. The van der Waals surface area contributed by atoms with Crippen molar-refractivity contribution in [2.45, 2.75) is 25.5 Å². The van der Waals surface area contributed by atoms with E-state index in [2.05, 4.69) is 26.2 Å². The van der Waals surface area contributed by atoms with Crippen molar-refractivity contribution in [2.75, 3.05) is 20.3 Å². The van der Waals surface area contributed by atoms with Crippen molar-refractivity contribution in [3.05, 3.63) is 28.2 Å². The first kappa shape index (κ1) is 15.1. The molecular weight excluding hydrogens is 322 g/mol. The van der Waals surface area contributed by atoms with E-state index in [4.69, 9.17) is 15.2 Å². The molecular formula is C14H20BrN3O2. The predicted molar refractivity (Wildman–Crippen MR) is 83.0 cm³/mol. The predicted octanol–water partition coefficient (Wildman–Crippen LogP) is 2.04. The van der Waals surface area contributed by atoms with E-state index in [9.17, 15) is 0 Å². The molecule has 110 valence electrons. The number of aliphatic imine (C=N–C) groups is 1. The summed E-state index contributed by atoms with van der Waals surface area (Å²) in [5.74, 6) is 1.24. The number of nitrogens with zero attached hydrogens (tertiary/aromatic N) is 1. The molecule has 1 unspecified atom stereocenters. The highest BCUT2D eigenvalue weighted by molar-refractivity contribution is 9.10. The largest absolute Gasteiger partial charge is 0.496 e. The van der Waals surface area contributed by atoms with Crippen molar-refractivity contribution in [1.29, 1.82) is 0 Å². The summed E-state index contributed by atoms with van der Waals surface area (Å²) in [7, 11) is 1.65. The highest BCUT2D eigenvalue weighted by Crippen LogP contribution is 2.23. The summed E-state index contributed by atoms with van der Waals surface area (Å²) in [6.07, 6.45) is 2.46. The molecule has 20 heavy (non-hydrogen) atoms. The number of nitrogens with one attached hydrogen (secondary N) is 1. The molecule has 1 aromatic rings. The molecule has 5 nitrogen and oxygen atoms in total. The second-order valence-electron chi connectivity index (χ2n) is 4.67. The van der Waals surface area contributed by atoms with Crippen molar-refractivity contribution in [3.63, 3.8) is 0 Å². The number of guanidine groups is 1. The van der Waals surface area contributed by atoms with Gasteiger partial charge in [-0.05, 0) is 25.0 Å². The summed E-state index contributed by atoms with van der Waals surface area (Å²) in [6.45, 7) is 2.05. The Kier molecular flexibility index (Phi) is 5.67. The topological polar surface area (TPSA) is 68.9 Å². The SMILES string of the molecule is COc1cc(Br)ccc1CN=C(N)NCC1CCCO1. The molecule has 0 radical (unpaired) electrons. The highest BCUT2D eigenvalue weighted by atomic mass is 79.9. The smallest absolute Gasteiger partial charge is 0.189 e. The van der Waals surface area contributed by atoms with Crippen LogP contribution in [0.4, 0.5) is 0 Å². The number of halogens is 1. The van der Waals surface area contributed by atoms with Gasteiger partial charge in [0.05, 0.1) is 19.8 Å². The number of ether oxygens (including phenoxy) is 2. The van der Waals surface area contributed by atoms with Crippen molar-refractivity contribution >= 4 is 21.9 Å². The molecule has 1 heterocycles. The van der Waals surface area contributed by atoms with Crippen LogP contribution in [0, 0.1) is 0 Å². The average Bonchev–Trinajstić information content (AvgIpc) is 2.97. The molecule has 0 bridgehead atoms. The molecule has 6 heteroatoms. The van der Waals surface area contributed by atoms with Crippen LogP contribution in [-0.4, -0.2) is 32.3 Å². The van der Waals surface area contributed by atoms with Crippen molar-refractivity contribution < 1.29 is 9.47 Å². The number of benzene rings is 1. The molecule has 1 saturated heterocycles. The van der Waals surface area contributed by atoms with Gasteiger partial charge in [-0.1, -0.05) is 22.0 Å². The Labute approximate surface area is 127 Å². The van der Waals surface area contributed by atoms with Crippen LogP contribution in [0.1, 0.15) is 18.4 Å². The third-order valence-electron chi connectivity index (χ3n) is 3.20. The zero-order valence-corrected chi connectivity index (χ0v) is 13.1. The number of hydrogen-bond acceptors (Lipinski definition) is 3. The maximum atomic E-state index is 5.85. The lowest BCUT2D eigenvalue weighted by atomic mass is 10.2. The van der Waals surface area contributed by atoms with Crippen molar-refractivity contribution in [1.82, 2.24) is 5.32 Å². The lowest BCUT2D eigenvalue weighted by molar-refractivity contribution is 0.114. The standard InChI is InChI=1S/C14H20BrN3O2/c1-19-13-7-11(15)5-4-10(13)8-17-14(16)18-9-12-3-2-6-20-12/h4-5,7,12H,2-3,6,8-9H2,1H3,(H3,16,17,18). The molecule has 3 N–H and O–H groups in total. The summed E-state index contributed by atoms with van der Waals surface area (Å²) in [5, 5.41) is 3.10. The van der Waals surface area contributed by atoms with Gasteiger partial charge in [0, 0.05) is 23.2 Å². The van der Waals surface area contributed by atoms with Crippen LogP contribution in [0.3, 0.4) is 0 Å². The first-order valence-corrected chi connectivity index (χ1v) is 7.46. The van der Waals surface area contributed by atoms with Crippen molar-refractivity contribution in [3.8, 4) is 5.75 Å². The summed E-state index contributed by atoms with van der Waals surface area (Å²) in [5.41, 5.74) is 6.85. The van der Waals surface area contributed by atoms with Crippen LogP contribution < -0.4 is 15.8 Å². The van der Waals surface area contributed by atoms with Gasteiger partial charge < -0.3 is 20.5 Å². The van der Waals surface area contributed by atoms with E-state index in [-0.39, 0.29) is 6.10 Å². The molecule has 1 fully saturated rings. The average molecular weight is 342 g/mol. The molecule has 0 amide bonds. The maximum Gasteiger partial charge on any atom is 0.189 e. The van der Waals surface area contributed by atoms with Gasteiger partial charge in [-0.3, -0.25) is 0 Å². The normalized spacial score (nSPS) is 19.1. The Morgan fingerprint density at radius 2 is 2.45 bits per heavy atom. The molecule has 0 aliphatic carbocycles. The Bertz CT molecular complexity index is 473. The highest BCUT2D eigenvalue weighted by Gasteiger charge is 2.14. The fraction of sp³-hybridized carbons (Fsp3) is 0.500. The van der Waals surface area contributed by atoms with Gasteiger partial charge >= 0.3 is 0 Å². The van der Waals surface area contributed by atoms with Gasteiger partial charge in [-0.15, -0.1) is 0 Å². The Morgan fingerprint density at radius 3 is 3.15 bits per heavy atom. The third-order valence-corrected chi connectivity index (χ3v) is 3.70. The summed E-state index contributed by atoms with van der Waals surface area (Å²) in [4.78, 5) is 4.33. The minimum absolute atomic E-state index is 0.256. The zero-order chi connectivity index (χ0) is 14.4. The molecule has 1 aromatic carbocycles. The number of methoxy groups -OCH3 is 1. The van der Waals surface area contributed by atoms with E-state index in [1.807, 2.05) is 18.2 Å². The molecule has 1 aliphatic rings. The maximum absolute atomic E-state index is 5.85. The zero-order valence-electron chi connectivity index (χ0n) is 11.6. The third kappa shape index (κ3) is 4.38. The second-order valence-corrected chi connectivity index (χ2v) is 5.59.